The van der Waals surface area contributed by atoms with Crippen LogP contribution in [0.4, 0.5) is 16.0 Å². The van der Waals surface area contributed by atoms with Gasteiger partial charge in [0.1, 0.15) is 12.0 Å². The summed E-state index contributed by atoms with van der Waals surface area (Å²) >= 11 is 0. The van der Waals surface area contributed by atoms with Gasteiger partial charge in [0.2, 0.25) is 11.6 Å². The average Bonchev–Trinajstić information content (AvgIpc) is 3.03. The number of primary amides is 1. The standard InChI is InChI=1S/C16H15FN6O3/c17-12-3-1-10(2-4-12)7-11(16(18)24)8-19-13-5-6-14-20-9-15(23(25)26)22(14)21-13/h1-6,9,11H,7-8H2,(H2,18,24)(H,19,21). The minimum absolute atomic E-state index is 0.174. The van der Waals surface area contributed by atoms with Gasteiger partial charge in [0, 0.05) is 12.6 Å². The van der Waals surface area contributed by atoms with E-state index in [0.29, 0.717) is 17.9 Å². The largest absolute Gasteiger partial charge is 0.369 e. The van der Waals surface area contributed by atoms with Crippen molar-refractivity contribution in [2.45, 2.75) is 6.42 Å². The molecule has 26 heavy (non-hydrogen) atoms. The number of carbonyl (C=O) groups excluding carboxylic acids is 1. The summed E-state index contributed by atoms with van der Waals surface area (Å²) in [5.41, 5.74) is 6.54. The van der Waals surface area contributed by atoms with Crippen LogP contribution >= 0.6 is 0 Å². The Bertz CT molecular complexity index is 956. The Hall–Kier alpha value is -3.56. The fourth-order valence-corrected chi connectivity index (χ4v) is 2.49. The third-order valence-electron chi connectivity index (χ3n) is 3.86. The second-order valence-electron chi connectivity index (χ2n) is 5.67. The second-order valence-corrected chi connectivity index (χ2v) is 5.67. The number of anilines is 1. The van der Waals surface area contributed by atoms with Gasteiger partial charge in [-0.2, -0.15) is 0 Å². The van der Waals surface area contributed by atoms with E-state index in [4.69, 9.17) is 5.73 Å². The molecule has 0 aliphatic rings. The Morgan fingerprint density at radius 2 is 2.04 bits per heavy atom. The molecule has 2 aromatic heterocycles. The van der Waals surface area contributed by atoms with Crippen LogP contribution in [0, 0.1) is 21.8 Å². The van der Waals surface area contributed by atoms with E-state index in [2.05, 4.69) is 15.4 Å². The Labute approximate surface area is 146 Å². The molecular weight excluding hydrogens is 343 g/mol. The van der Waals surface area contributed by atoms with Crippen LogP contribution in [-0.4, -0.2) is 32.0 Å². The maximum absolute atomic E-state index is 13.0. The lowest BCUT2D eigenvalue weighted by Crippen LogP contribution is -2.31. The topological polar surface area (TPSA) is 128 Å². The smallest absolute Gasteiger partial charge is 0.368 e. The van der Waals surface area contributed by atoms with Gasteiger partial charge in [-0.3, -0.25) is 4.79 Å². The van der Waals surface area contributed by atoms with E-state index < -0.39 is 16.7 Å². The van der Waals surface area contributed by atoms with Gasteiger partial charge in [0.05, 0.1) is 5.92 Å². The third-order valence-corrected chi connectivity index (χ3v) is 3.86. The number of halogens is 1. The highest BCUT2D eigenvalue weighted by Crippen LogP contribution is 2.16. The lowest BCUT2D eigenvalue weighted by molar-refractivity contribution is -0.391. The normalized spacial score (nSPS) is 12.0. The molecule has 0 saturated heterocycles. The van der Waals surface area contributed by atoms with Crippen molar-refractivity contribution in [1.82, 2.24) is 14.6 Å². The molecule has 3 N–H and O–H groups in total. The van der Waals surface area contributed by atoms with Crippen LogP contribution in [0.1, 0.15) is 5.56 Å². The van der Waals surface area contributed by atoms with Gasteiger partial charge in [-0.1, -0.05) is 21.7 Å². The van der Waals surface area contributed by atoms with Crippen LogP contribution in [0.25, 0.3) is 5.65 Å². The Balaban J connectivity index is 1.73. The van der Waals surface area contributed by atoms with E-state index in [-0.39, 0.29) is 18.2 Å². The molecule has 9 nitrogen and oxygen atoms in total. The third kappa shape index (κ3) is 3.74. The molecule has 0 saturated carbocycles. The van der Waals surface area contributed by atoms with E-state index in [0.717, 1.165) is 16.3 Å². The quantitative estimate of drug-likeness (QED) is 0.487. The number of nitrogens with two attached hydrogens (primary N) is 1. The van der Waals surface area contributed by atoms with E-state index in [1.54, 1.807) is 24.3 Å². The van der Waals surface area contributed by atoms with Crippen LogP contribution < -0.4 is 11.1 Å². The molecule has 1 unspecified atom stereocenters. The number of nitrogens with one attached hydrogen (secondary N) is 1. The van der Waals surface area contributed by atoms with Gasteiger partial charge in [-0.15, -0.1) is 0 Å². The molecule has 0 fully saturated rings. The number of hydrogen-bond acceptors (Lipinski definition) is 6. The molecule has 2 heterocycles. The van der Waals surface area contributed by atoms with E-state index in [1.165, 1.54) is 12.1 Å². The number of rotatable bonds is 7. The van der Waals surface area contributed by atoms with Crippen LogP contribution in [-0.2, 0) is 11.2 Å². The lowest BCUT2D eigenvalue weighted by atomic mass is 9.98. The fourth-order valence-electron chi connectivity index (χ4n) is 2.49. The van der Waals surface area contributed by atoms with Crippen molar-refractivity contribution in [2.75, 3.05) is 11.9 Å². The van der Waals surface area contributed by atoms with Crippen molar-refractivity contribution < 1.29 is 14.1 Å². The lowest BCUT2D eigenvalue weighted by Gasteiger charge is -2.14. The summed E-state index contributed by atoms with van der Waals surface area (Å²) in [6.45, 7) is 0.174. The van der Waals surface area contributed by atoms with E-state index in [9.17, 15) is 19.3 Å². The van der Waals surface area contributed by atoms with Crippen LogP contribution in [0.3, 0.4) is 0 Å². The molecule has 1 aromatic carbocycles. The summed E-state index contributed by atoms with van der Waals surface area (Å²) in [7, 11) is 0. The van der Waals surface area contributed by atoms with Crippen molar-refractivity contribution in [2.24, 2.45) is 11.7 Å². The first-order valence-electron chi connectivity index (χ1n) is 7.71. The van der Waals surface area contributed by atoms with Crippen molar-refractivity contribution in [3.8, 4) is 0 Å². The number of imidazole rings is 1. The van der Waals surface area contributed by atoms with Gasteiger partial charge < -0.3 is 21.2 Å². The number of benzene rings is 1. The highest BCUT2D eigenvalue weighted by molar-refractivity contribution is 5.77. The molecule has 0 spiro atoms. The minimum atomic E-state index is -0.586. The fraction of sp³-hybridized carbons (Fsp3) is 0.188. The maximum Gasteiger partial charge on any atom is 0.368 e. The molecule has 1 amide bonds. The second kappa shape index (κ2) is 7.13. The number of aromatic nitrogens is 3. The van der Waals surface area contributed by atoms with Gasteiger partial charge in [0.15, 0.2) is 5.82 Å². The average molecular weight is 358 g/mol. The Kier molecular flexibility index (Phi) is 4.74. The number of fused-ring (bicyclic) bond motifs is 1. The van der Waals surface area contributed by atoms with E-state index >= 15 is 0 Å². The summed E-state index contributed by atoms with van der Waals surface area (Å²) in [6.07, 6.45) is 1.45. The van der Waals surface area contributed by atoms with Crippen molar-refractivity contribution >= 4 is 23.2 Å². The maximum atomic E-state index is 13.0. The number of amides is 1. The molecule has 3 rings (SSSR count). The van der Waals surface area contributed by atoms with Gasteiger partial charge in [0.25, 0.3) is 0 Å². The van der Waals surface area contributed by atoms with Gasteiger partial charge >= 0.3 is 5.82 Å². The molecule has 0 aliphatic carbocycles. The number of nitro groups is 1. The van der Waals surface area contributed by atoms with E-state index in [1.807, 2.05) is 0 Å². The molecule has 3 aromatic rings. The zero-order chi connectivity index (χ0) is 18.7. The van der Waals surface area contributed by atoms with Crippen LogP contribution in [0.2, 0.25) is 0 Å². The molecule has 0 aliphatic heterocycles. The minimum Gasteiger partial charge on any atom is -0.369 e. The molecule has 134 valence electrons. The first-order valence-corrected chi connectivity index (χ1v) is 7.71. The summed E-state index contributed by atoms with van der Waals surface area (Å²) < 4.78 is 14.1. The van der Waals surface area contributed by atoms with Crippen LogP contribution in [0.15, 0.2) is 42.6 Å². The number of carbonyl (C=O) groups is 1. The molecular formula is C16H15FN6O3. The zero-order valence-corrected chi connectivity index (χ0v) is 13.5. The molecule has 0 radical (unpaired) electrons. The molecule has 10 heteroatoms. The first kappa shape index (κ1) is 17.3. The summed E-state index contributed by atoms with van der Waals surface area (Å²) in [6, 6.07) is 8.97. The predicted molar refractivity (Wildman–Crippen MR) is 90.9 cm³/mol. The number of nitrogens with zero attached hydrogens (tertiary/aromatic N) is 4. The summed E-state index contributed by atoms with van der Waals surface area (Å²) in [4.78, 5) is 26.0. The zero-order valence-electron chi connectivity index (χ0n) is 13.5. The van der Waals surface area contributed by atoms with Crippen molar-refractivity contribution in [3.63, 3.8) is 0 Å². The molecule has 1 atom stereocenters. The Morgan fingerprint density at radius 3 is 2.69 bits per heavy atom. The van der Waals surface area contributed by atoms with Crippen molar-refractivity contribution in [1.29, 1.82) is 0 Å². The predicted octanol–water partition coefficient (Wildman–Crippen LogP) is 1.53. The Morgan fingerprint density at radius 1 is 1.31 bits per heavy atom. The van der Waals surface area contributed by atoms with Crippen LogP contribution in [0.5, 0.6) is 0 Å². The highest BCUT2D eigenvalue weighted by atomic mass is 19.1. The summed E-state index contributed by atoms with van der Waals surface area (Å²) in [5, 5.41) is 18.0. The molecule has 0 bridgehead atoms. The highest BCUT2D eigenvalue weighted by Gasteiger charge is 2.19. The summed E-state index contributed by atoms with van der Waals surface area (Å²) in [5.74, 6) is -1.36. The number of hydrogen-bond donors (Lipinski definition) is 2. The first-order chi connectivity index (χ1) is 12.4. The monoisotopic (exact) mass is 358 g/mol. The van der Waals surface area contributed by atoms with Gasteiger partial charge in [-0.25, -0.2) is 9.37 Å². The SMILES string of the molecule is NC(=O)C(CNc1ccc2ncc([N+](=O)[O-])n2n1)Cc1ccc(F)cc1. The van der Waals surface area contributed by atoms with Gasteiger partial charge in [-0.05, 0) is 35.1 Å². The van der Waals surface area contributed by atoms with Crippen molar-refractivity contribution in [3.05, 3.63) is 64.1 Å².